The van der Waals surface area contributed by atoms with E-state index in [1.807, 2.05) is 64.2 Å². The number of carbonyl (C=O) groups excluding carboxylic acids is 2. The largest absolute Gasteiger partial charge is 0.493 e. The minimum Gasteiger partial charge on any atom is -0.493 e. The molecule has 2 aliphatic rings. The number of ether oxygens (including phenoxy) is 4. The summed E-state index contributed by atoms with van der Waals surface area (Å²) in [6.45, 7) is 3.33. The predicted molar refractivity (Wildman–Crippen MR) is 157 cm³/mol. The second-order valence-corrected chi connectivity index (χ2v) is 11.1. The first kappa shape index (κ1) is 29.1. The molecule has 1 aromatic heterocycles. The summed E-state index contributed by atoms with van der Waals surface area (Å²) in [5.41, 5.74) is 2.63. The summed E-state index contributed by atoms with van der Waals surface area (Å²) in [6, 6.07) is 15.1. The van der Waals surface area contributed by atoms with Gasteiger partial charge in [-0.1, -0.05) is 18.2 Å². The number of carbonyl (C=O) groups is 2. The molecule has 2 atom stereocenters. The highest BCUT2D eigenvalue weighted by Gasteiger charge is 2.34. The molecule has 0 radical (unpaired) electrons. The molecule has 2 amide bonds. The molecule has 3 aromatic rings. The molecule has 0 unspecified atom stereocenters. The number of hydrogen-bond donors (Lipinski definition) is 1. The first-order valence-electron chi connectivity index (χ1n) is 13.9. The lowest BCUT2D eigenvalue weighted by Gasteiger charge is -2.39. The summed E-state index contributed by atoms with van der Waals surface area (Å²) in [7, 11) is 3.30. The second-order valence-electron chi connectivity index (χ2n) is 10.4. The van der Waals surface area contributed by atoms with Gasteiger partial charge in [0.2, 0.25) is 5.91 Å². The van der Waals surface area contributed by atoms with Crippen molar-refractivity contribution in [2.45, 2.75) is 38.1 Å². The lowest BCUT2D eigenvalue weighted by Crippen LogP contribution is -2.58. The molecule has 9 nitrogen and oxygen atoms in total. The Hall–Kier alpha value is -3.44. The van der Waals surface area contributed by atoms with Crippen LogP contribution in [0.25, 0.3) is 0 Å². The normalized spacial score (nSPS) is 20.0. The fourth-order valence-electron chi connectivity index (χ4n) is 5.31. The Morgan fingerprint density at radius 1 is 1.12 bits per heavy atom. The first-order valence-corrected chi connectivity index (χ1v) is 14.8. The molecule has 5 rings (SSSR count). The summed E-state index contributed by atoms with van der Waals surface area (Å²) in [6.07, 6.45) is 1.17. The average molecular weight is 580 g/mol. The van der Waals surface area contributed by atoms with E-state index in [0.29, 0.717) is 68.6 Å². The number of nitrogens with zero attached hydrogens (tertiary/aromatic N) is 2. The molecular weight excluding hydrogens is 542 g/mol. The quantitative estimate of drug-likeness (QED) is 0.435. The zero-order valence-corrected chi connectivity index (χ0v) is 24.4. The van der Waals surface area contributed by atoms with E-state index in [-0.39, 0.29) is 30.5 Å². The summed E-state index contributed by atoms with van der Waals surface area (Å²) < 4.78 is 23.5. The molecule has 0 saturated carbocycles. The monoisotopic (exact) mass is 579 g/mol. The van der Waals surface area contributed by atoms with Gasteiger partial charge in [0, 0.05) is 45.3 Å². The van der Waals surface area contributed by atoms with Crippen LogP contribution < -0.4 is 14.8 Å². The predicted octanol–water partition coefficient (Wildman–Crippen LogP) is 4.32. The highest BCUT2D eigenvalue weighted by molar-refractivity contribution is 7.08. The Balaban J connectivity index is 1.42. The van der Waals surface area contributed by atoms with Gasteiger partial charge in [0.1, 0.15) is 5.75 Å². The maximum absolute atomic E-state index is 13.5. The second kappa shape index (κ2) is 14.0. The molecular formula is C31H37N3O6S. The summed E-state index contributed by atoms with van der Waals surface area (Å²) in [5, 5.41) is 6.97. The maximum atomic E-state index is 13.5. The molecule has 1 fully saturated rings. The topological polar surface area (TPSA) is 89.6 Å². The molecule has 41 heavy (non-hydrogen) atoms. The van der Waals surface area contributed by atoms with E-state index in [9.17, 15) is 9.59 Å². The minimum absolute atomic E-state index is 0.0209. The molecule has 1 N–H and O–H groups in total. The van der Waals surface area contributed by atoms with Crippen LogP contribution in [0, 0.1) is 0 Å². The summed E-state index contributed by atoms with van der Waals surface area (Å²) in [4.78, 5) is 30.5. The zero-order chi connectivity index (χ0) is 28.6. The number of amides is 2. The van der Waals surface area contributed by atoms with E-state index in [4.69, 9.17) is 18.9 Å². The number of benzene rings is 2. The standard InChI is InChI=1S/C31H37N3O6S/c1-37-13-4-11-33-17-22-7-8-28(38-2)29(16-22)40-25-6-3-5-23(15-25)20-39-27-9-12-34(18-26(27)32-30(35)19-33)31(36)24-10-14-41-21-24/h3,5-8,10,14-16,21,26-27H,4,9,11-13,17-20H2,1-2H3,(H,32,35)/t26-,27+/m0/s1. The van der Waals surface area contributed by atoms with E-state index in [2.05, 4.69) is 10.2 Å². The number of nitrogens with one attached hydrogen (secondary N) is 1. The van der Waals surface area contributed by atoms with Crippen LogP contribution >= 0.6 is 11.3 Å². The maximum Gasteiger partial charge on any atom is 0.254 e. The highest BCUT2D eigenvalue weighted by atomic mass is 32.1. The van der Waals surface area contributed by atoms with E-state index < -0.39 is 0 Å². The molecule has 2 aliphatic heterocycles. The molecule has 1 saturated heterocycles. The van der Waals surface area contributed by atoms with Crippen molar-refractivity contribution in [1.82, 2.24) is 15.1 Å². The summed E-state index contributed by atoms with van der Waals surface area (Å²) >= 11 is 1.50. The number of thiophene rings is 1. The Kier molecular flexibility index (Phi) is 9.89. The van der Waals surface area contributed by atoms with Crippen molar-refractivity contribution in [3.63, 3.8) is 0 Å². The third kappa shape index (κ3) is 7.65. The van der Waals surface area contributed by atoms with E-state index >= 15 is 0 Å². The van der Waals surface area contributed by atoms with Crippen LogP contribution in [0.3, 0.4) is 0 Å². The molecule has 218 valence electrons. The van der Waals surface area contributed by atoms with Gasteiger partial charge in [-0.2, -0.15) is 11.3 Å². The van der Waals surface area contributed by atoms with Crippen LogP contribution in [0.2, 0.25) is 0 Å². The minimum atomic E-state index is -0.334. The van der Waals surface area contributed by atoms with Gasteiger partial charge >= 0.3 is 0 Å². The third-order valence-electron chi connectivity index (χ3n) is 7.37. The Morgan fingerprint density at radius 2 is 2.02 bits per heavy atom. The van der Waals surface area contributed by atoms with Crippen LogP contribution in [-0.4, -0.2) is 80.8 Å². The van der Waals surface area contributed by atoms with E-state index in [1.165, 1.54) is 11.3 Å². The number of rotatable bonds is 6. The smallest absolute Gasteiger partial charge is 0.254 e. The zero-order valence-electron chi connectivity index (χ0n) is 23.5. The van der Waals surface area contributed by atoms with E-state index in [0.717, 1.165) is 17.5 Å². The van der Waals surface area contributed by atoms with E-state index in [1.54, 1.807) is 14.2 Å². The molecule has 4 bridgehead atoms. The molecule has 0 spiro atoms. The molecule has 10 heteroatoms. The molecule has 3 heterocycles. The fraction of sp³-hybridized carbons (Fsp3) is 0.419. The van der Waals surface area contributed by atoms with Crippen molar-refractivity contribution < 1.29 is 28.5 Å². The first-order chi connectivity index (χ1) is 20.0. The van der Waals surface area contributed by atoms with Crippen LogP contribution in [0.1, 0.15) is 34.3 Å². The van der Waals surface area contributed by atoms with Crippen LogP contribution in [0.5, 0.6) is 17.2 Å². The van der Waals surface area contributed by atoms with Crippen molar-refractivity contribution in [2.75, 3.05) is 47.0 Å². The number of fused-ring (bicyclic) bond motifs is 5. The summed E-state index contributed by atoms with van der Waals surface area (Å²) in [5.74, 6) is 1.80. The van der Waals surface area contributed by atoms with Crippen molar-refractivity contribution in [2.24, 2.45) is 0 Å². The lowest BCUT2D eigenvalue weighted by atomic mass is 10.0. The van der Waals surface area contributed by atoms with Gasteiger partial charge in [0.05, 0.1) is 38.0 Å². The van der Waals surface area contributed by atoms with Crippen LogP contribution in [0.15, 0.2) is 59.3 Å². The van der Waals surface area contributed by atoms with Crippen molar-refractivity contribution in [3.8, 4) is 17.2 Å². The van der Waals surface area contributed by atoms with Crippen molar-refractivity contribution >= 4 is 23.2 Å². The van der Waals surface area contributed by atoms with Crippen LogP contribution in [0.4, 0.5) is 0 Å². The Morgan fingerprint density at radius 3 is 2.83 bits per heavy atom. The Labute approximate surface area is 244 Å². The van der Waals surface area contributed by atoms with Crippen molar-refractivity contribution in [1.29, 1.82) is 0 Å². The average Bonchev–Trinajstić information content (AvgIpc) is 3.51. The molecule has 0 aliphatic carbocycles. The van der Waals surface area contributed by atoms with Crippen molar-refractivity contribution in [3.05, 3.63) is 76.0 Å². The van der Waals surface area contributed by atoms with Gasteiger partial charge in [-0.05, 0) is 59.7 Å². The van der Waals surface area contributed by atoms with Gasteiger partial charge in [-0.25, -0.2) is 0 Å². The molecule has 2 aromatic carbocycles. The SMILES string of the molecule is COCCCN1CC(=O)N[C@H]2CN(C(=O)c3ccsc3)CC[C@H]2OCc2cccc(c2)Oc2cc(ccc2OC)C1. The van der Waals surface area contributed by atoms with Gasteiger partial charge in [-0.3, -0.25) is 14.5 Å². The van der Waals surface area contributed by atoms with Gasteiger partial charge in [-0.15, -0.1) is 0 Å². The number of likely N-dealkylation sites (tertiary alicyclic amines) is 1. The Bertz CT molecular complexity index is 1320. The van der Waals surface area contributed by atoms with Crippen LogP contribution in [-0.2, 0) is 27.4 Å². The third-order valence-corrected chi connectivity index (χ3v) is 8.05. The van der Waals surface area contributed by atoms with Gasteiger partial charge < -0.3 is 29.2 Å². The lowest BCUT2D eigenvalue weighted by molar-refractivity contribution is -0.125. The van der Waals surface area contributed by atoms with Gasteiger partial charge in [0.15, 0.2) is 11.5 Å². The van der Waals surface area contributed by atoms with Gasteiger partial charge in [0.25, 0.3) is 5.91 Å². The number of hydrogen-bond acceptors (Lipinski definition) is 8. The number of methoxy groups -OCH3 is 2. The fourth-order valence-corrected chi connectivity index (χ4v) is 5.94. The highest BCUT2D eigenvalue weighted by Crippen LogP contribution is 2.33. The number of piperidine rings is 1.